The number of hydrazine groups is 1. The van der Waals surface area contributed by atoms with Crippen LogP contribution >= 0.6 is 27.5 Å². The Bertz CT molecular complexity index is 675. The van der Waals surface area contributed by atoms with E-state index >= 15 is 0 Å². The summed E-state index contributed by atoms with van der Waals surface area (Å²) >= 11 is 9.30. The van der Waals surface area contributed by atoms with Crippen LogP contribution in [0.3, 0.4) is 0 Å². The molecule has 23 heavy (non-hydrogen) atoms. The first-order valence-corrected chi connectivity index (χ1v) is 8.57. The Morgan fingerprint density at radius 3 is 2.52 bits per heavy atom. The molecule has 2 atom stereocenters. The number of hydrogen-bond donors (Lipinski definition) is 3. The topological polar surface area (TPSA) is 53.2 Å². The van der Waals surface area contributed by atoms with E-state index in [1.165, 1.54) is 0 Å². The fraction of sp³-hybridized carbons (Fsp3) is 0.235. The van der Waals surface area contributed by atoms with Crippen LogP contribution in [0.5, 0.6) is 0 Å². The lowest BCUT2D eigenvalue weighted by atomic mass is 10.0. The monoisotopic (exact) mass is 393 g/mol. The highest BCUT2D eigenvalue weighted by Crippen LogP contribution is 2.23. The molecule has 6 heteroatoms. The van der Waals surface area contributed by atoms with E-state index in [9.17, 15) is 4.79 Å². The van der Waals surface area contributed by atoms with Gasteiger partial charge in [-0.2, -0.15) is 0 Å². The minimum absolute atomic E-state index is 0.00289. The minimum Gasteiger partial charge on any atom is -0.351 e. The Kier molecular flexibility index (Phi) is 5.33. The van der Waals surface area contributed by atoms with Crippen LogP contribution in [0.15, 0.2) is 53.0 Å². The Morgan fingerprint density at radius 1 is 1.13 bits per heavy atom. The molecule has 4 nitrogen and oxygen atoms in total. The van der Waals surface area contributed by atoms with Crippen molar-refractivity contribution >= 4 is 33.4 Å². The maximum atomic E-state index is 12.3. The highest BCUT2D eigenvalue weighted by atomic mass is 79.9. The van der Waals surface area contributed by atoms with Crippen molar-refractivity contribution in [2.24, 2.45) is 0 Å². The summed E-state index contributed by atoms with van der Waals surface area (Å²) in [4.78, 5) is 12.3. The zero-order chi connectivity index (χ0) is 16.2. The fourth-order valence-corrected chi connectivity index (χ4v) is 2.95. The van der Waals surface area contributed by atoms with E-state index < -0.39 is 0 Å². The fourth-order valence-electron chi connectivity index (χ4n) is 2.56. The van der Waals surface area contributed by atoms with Gasteiger partial charge in [-0.25, -0.2) is 10.9 Å². The SMILES string of the molecule is O=C(NCc1ccc(Br)cc1)C1CC(c2ccc(Cl)cc2)NN1. The number of carbonyl (C=O) groups is 1. The third-order valence-corrected chi connectivity index (χ3v) is 4.65. The predicted octanol–water partition coefficient (Wildman–Crippen LogP) is 3.33. The smallest absolute Gasteiger partial charge is 0.238 e. The van der Waals surface area contributed by atoms with E-state index in [2.05, 4.69) is 32.1 Å². The standard InChI is InChI=1S/C17H17BrClN3O/c18-13-5-1-11(2-6-13)10-20-17(23)16-9-15(21-22-16)12-3-7-14(19)8-4-12/h1-8,15-16,21-22H,9-10H2,(H,20,23). The number of hydrogen-bond acceptors (Lipinski definition) is 3. The summed E-state index contributed by atoms with van der Waals surface area (Å²) in [7, 11) is 0. The first kappa shape index (κ1) is 16.5. The maximum Gasteiger partial charge on any atom is 0.238 e. The highest BCUT2D eigenvalue weighted by Gasteiger charge is 2.29. The zero-order valence-corrected chi connectivity index (χ0v) is 14.7. The van der Waals surface area contributed by atoms with E-state index in [-0.39, 0.29) is 18.0 Å². The van der Waals surface area contributed by atoms with Gasteiger partial charge >= 0.3 is 0 Å². The number of benzene rings is 2. The summed E-state index contributed by atoms with van der Waals surface area (Å²) in [6.45, 7) is 0.524. The summed E-state index contributed by atoms with van der Waals surface area (Å²) in [6, 6.07) is 15.4. The van der Waals surface area contributed by atoms with E-state index in [0.717, 1.165) is 15.6 Å². The second kappa shape index (κ2) is 7.45. The molecule has 0 radical (unpaired) electrons. The van der Waals surface area contributed by atoms with Gasteiger partial charge in [0.2, 0.25) is 5.91 Å². The van der Waals surface area contributed by atoms with Crippen LogP contribution in [-0.2, 0) is 11.3 Å². The van der Waals surface area contributed by atoms with Crippen LogP contribution in [-0.4, -0.2) is 11.9 Å². The van der Waals surface area contributed by atoms with Crippen molar-refractivity contribution in [2.45, 2.75) is 25.0 Å². The lowest BCUT2D eigenvalue weighted by Crippen LogP contribution is -2.42. The summed E-state index contributed by atoms with van der Waals surface area (Å²) < 4.78 is 1.03. The van der Waals surface area contributed by atoms with Crippen molar-refractivity contribution < 1.29 is 4.79 Å². The molecule has 3 rings (SSSR count). The molecule has 3 N–H and O–H groups in total. The number of halogens is 2. The van der Waals surface area contributed by atoms with Gasteiger partial charge in [0.15, 0.2) is 0 Å². The molecule has 0 aromatic heterocycles. The van der Waals surface area contributed by atoms with Gasteiger partial charge in [0, 0.05) is 22.1 Å². The zero-order valence-electron chi connectivity index (χ0n) is 12.4. The molecule has 1 fully saturated rings. The Hall–Kier alpha value is -1.40. The van der Waals surface area contributed by atoms with E-state index in [1.807, 2.05) is 48.5 Å². The van der Waals surface area contributed by atoms with Gasteiger partial charge in [-0.05, 0) is 41.8 Å². The summed E-state index contributed by atoms with van der Waals surface area (Å²) in [5.74, 6) is -0.00289. The molecule has 2 unspecified atom stereocenters. The predicted molar refractivity (Wildman–Crippen MR) is 94.9 cm³/mol. The summed E-state index contributed by atoms with van der Waals surface area (Å²) in [6.07, 6.45) is 0.702. The Morgan fingerprint density at radius 2 is 1.83 bits per heavy atom. The first-order chi connectivity index (χ1) is 11.1. The normalized spacial score (nSPS) is 20.4. The van der Waals surface area contributed by atoms with Gasteiger partial charge in [0.1, 0.15) is 6.04 Å². The van der Waals surface area contributed by atoms with Crippen LogP contribution in [0.2, 0.25) is 5.02 Å². The van der Waals surface area contributed by atoms with Crippen molar-refractivity contribution in [3.05, 3.63) is 69.2 Å². The third-order valence-electron chi connectivity index (χ3n) is 3.87. The molecule has 1 aliphatic rings. The third kappa shape index (κ3) is 4.32. The van der Waals surface area contributed by atoms with Gasteiger partial charge < -0.3 is 5.32 Å². The van der Waals surface area contributed by atoms with Gasteiger partial charge in [-0.3, -0.25) is 4.79 Å². The molecular weight excluding hydrogens is 378 g/mol. The van der Waals surface area contributed by atoms with Crippen LogP contribution in [0.1, 0.15) is 23.6 Å². The average molecular weight is 395 g/mol. The molecule has 1 heterocycles. The summed E-state index contributed by atoms with van der Waals surface area (Å²) in [5.41, 5.74) is 8.42. The van der Waals surface area contributed by atoms with Crippen molar-refractivity contribution in [3.63, 3.8) is 0 Å². The molecule has 0 spiro atoms. The Labute approximate surface area is 148 Å². The molecule has 0 saturated carbocycles. The van der Waals surface area contributed by atoms with Crippen LogP contribution in [0, 0.1) is 0 Å². The molecule has 120 valence electrons. The molecular formula is C17H17BrClN3O. The first-order valence-electron chi connectivity index (χ1n) is 7.40. The van der Waals surface area contributed by atoms with Gasteiger partial charge in [-0.1, -0.05) is 51.8 Å². The lowest BCUT2D eigenvalue weighted by Gasteiger charge is -2.11. The maximum absolute atomic E-state index is 12.3. The molecule has 2 aromatic carbocycles. The largest absolute Gasteiger partial charge is 0.351 e. The van der Waals surface area contributed by atoms with E-state index in [1.54, 1.807) is 0 Å². The second-order valence-electron chi connectivity index (χ2n) is 5.53. The number of carbonyl (C=O) groups excluding carboxylic acids is 1. The Balaban J connectivity index is 1.53. The van der Waals surface area contributed by atoms with Crippen molar-refractivity contribution in [1.82, 2.24) is 16.2 Å². The number of amides is 1. The van der Waals surface area contributed by atoms with Crippen LogP contribution < -0.4 is 16.2 Å². The molecule has 1 saturated heterocycles. The minimum atomic E-state index is -0.244. The average Bonchev–Trinajstić information content (AvgIpc) is 3.05. The quantitative estimate of drug-likeness (QED) is 0.745. The van der Waals surface area contributed by atoms with Gasteiger partial charge in [-0.15, -0.1) is 0 Å². The molecule has 1 amide bonds. The van der Waals surface area contributed by atoms with Crippen molar-refractivity contribution in [3.8, 4) is 0 Å². The van der Waals surface area contributed by atoms with Crippen molar-refractivity contribution in [1.29, 1.82) is 0 Å². The van der Waals surface area contributed by atoms with Gasteiger partial charge in [0.05, 0.1) is 0 Å². The molecule has 1 aliphatic heterocycles. The second-order valence-corrected chi connectivity index (χ2v) is 6.88. The van der Waals surface area contributed by atoms with E-state index in [4.69, 9.17) is 11.6 Å². The molecule has 0 aliphatic carbocycles. The summed E-state index contributed by atoms with van der Waals surface area (Å²) in [5, 5.41) is 3.68. The van der Waals surface area contributed by atoms with Gasteiger partial charge in [0.25, 0.3) is 0 Å². The molecule has 0 bridgehead atoms. The highest BCUT2D eigenvalue weighted by molar-refractivity contribution is 9.10. The lowest BCUT2D eigenvalue weighted by molar-refractivity contribution is -0.123. The number of rotatable bonds is 4. The van der Waals surface area contributed by atoms with Crippen LogP contribution in [0.4, 0.5) is 0 Å². The molecule has 2 aromatic rings. The van der Waals surface area contributed by atoms with Crippen LogP contribution in [0.25, 0.3) is 0 Å². The number of nitrogens with one attached hydrogen (secondary N) is 3. The van der Waals surface area contributed by atoms with Crippen molar-refractivity contribution in [2.75, 3.05) is 0 Å². The van der Waals surface area contributed by atoms with E-state index in [0.29, 0.717) is 18.0 Å².